The van der Waals surface area contributed by atoms with Crippen molar-refractivity contribution in [2.45, 2.75) is 46.7 Å². The number of rotatable bonds is 7. The fraction of sp³-hybridized carbons (Fsp3) is 0.550. The molecule has 0 radical (unpaired) electrons. The first-order valence-electron chi connectivity index (χ1n) is 9.46. The minimum absolute atomic E-state index is 0. The number of aromatic nitrogens is 2. The minimum Gasteiger partial charge on any atom is -0.465 e. The molecule has 2 heterocycles. The van der Waals surface area contributed by atoms with Crippen LogP contribution < -0.4 is 5.32 Å². The van der Waals surface area contributed by atoms with E-state index in [1.54, 1.807) is 13.0 Å². The van der Waals surface area contributed by atoms with Crippen molar-refractivity contribution < 1.29 is 13.9 Å². The van der Waals surface area contributed by atoms with Gasteiger partial charge in [-0.05, 0) is 25.8 Å². The number of aliphatic imine (C=N–C) groups is 1. The maximum atomic E-state index is 11.7. The van der Waals surface area contributed by atoms with Crippen LogP contribution in [0, 0.1) is 6.92 Å². The molecule has 29 heavy (non-hydrogen) atoms. The van der Waals surface area contributed by atoms with Gasteiger partial charge >= 0.3 is 5.97 Å². The van der Waals surface area contributed by atoms with Crippen molar-refractivity contribution in [1.82, 2.24) is 20.0 Å². The van der Waals surface area contributed by atoms with Gasteiger partial charge in [-0.25, -0.2) is 9.79 Å². The van der Waals surface area contributed by atoms with Gasteiger partial charge in [0.1, 0.15) is 23.6 Å². The molecule has 0 amide bonds. The van der Waals surface area contributed by atoms with E-state index in [0.717, 1.165) is 18.2 Å². The highest BCUT2D eigenvalue weighted by Gasteiger charge is 2.17. The number of hydrogen-bond donors (Lipinski definition) is 1. The minimum atomic E-state index is -0.404. The Labute approximate surface area is 189 Å². The van der Waals surface area contributed by atoms with E-state index >= 15 is 0 Å². The van der Waals surface area contributed by atoms with Crippen molar-refractivity contribution in [2.24, 2.45) is 12.0 Å². The van der Waals surface area contributed by atoms with Crippen LogP contribution in [0.15, 0.2) is 21.7 Å². The van der Waals surface area contributed by atoms with Crippen LogP contribution >= 0.6 is 24.0 Å². The van der Waals surface area contributed by atoms with Crippen LogP contribution in [0.2, 0.25) is 0 Å². The number of nitrogens with zero attached hydrogens (tertiary/aromatic N) is 4. The zero-order valence-corrected chi connectivity index (χ0v) is 20.6. The van der Waals surface area contributed by atoms with Gasteiger partial charge in [0.05, 0.1) is 12.8 Å². The highest BCUT2D eigenvalue weighted by Crippen LogP contribution is 2.19. The molecule has 0 aliphatic heterocycles. The molecule has 0 fully saturated rings. The van der Waals surface area contributed by atoms with Gasteiger partial charge in [0.25, 0.3) is 0 Å². The van der Waals surface area contributed by atoms with Crippen molar-refractivity contribution >= 4 is 35.9 Å². The van der Waals surface area contributed by atoms with Gasteiger partial charge in [-0.3, -0.25) is 4.68 Å². The maximum Gasteiger partial charge on any atom is 0.341 e. The second kappa shape index (κ2) is 11.2. The summed E-state index contributed by atoms with van der Waals surface area (Å²) in [4.78, 5) is 18.5. The summed E-state index contributed by atoms with van der Waals surface area (Å²) in [6, 6.07) is 1.69. The molecule has 2 aromatic rings. The highest BCUT2D eigenvalue weighted by atomic mass is 127. The summed E-state index contributed by atoms with van der Waals surface area (Å²) >= 11 is 0. The molecule has 9 heteroatoms. The Balaban J connectivity index is 0.00000420. The van der Waals surface area contributed by atoms with Gasteiger partial charge in [-0.1, -0.05) is 13.8 Å². The molecule has 8 nitrogen and oxygen atoms in total. The number of nitrogens with one attached hydrogen (secondary N) is 1. The molecule has 0 unspecified atom stereocenters. The predicted molar refractivity (Wildman–Crippen MR) is 124 cm³/mol. The number of aryl methyl sites for hydroxylation is 2. The molecule has 2 aromatic heterocycles. The lowest BCUT2D eigenvalue weighted by Gasteiger charge is -2.22. The summed E-state index contributed by atoms with van der Waals surface area (Å²) < 4.78 is 12.3. The van der Waals surface area contributed by atoms with Crippen LogP contribution in [0.25, 0.3) is 0 Å². The summed E-state index contributed by atoms with van der Waals surface area (Å²) in [5.41, 5.74) is 2.70. The number of carbonyl (C=O) groups excluding carboxylic acids is 1. The second-order valence-corrected chi connectivity index (χ2v) is 7.07. The van der Waals surface area contributed by atoms with Gasteiger partial charge < -0.3 is 19.4 Å². The van der Waals surface area contributed by atoms with Gasteiger partial charge in [0.15, 0.2) is 5.96 Å². The number of hydrogen-bond acceptors (Lipinski definition) is 5. The molecule has 0 saturated carbocycles. The predicted octanol–water partition coefficient (Wildman–Crippen LogP) is 3.45. The van der Waals surface area contributed by atoms with Crippen LogP contribution in [0.4, 0.5) is 0 Å². The monoisotopic (exact) mass is 517 g/mol. The lowest BCUT2D eigenvalue weighted by Crippen LogP contribution is -2.38. The van der Waals surface area contributed by atoms with E-state index in [0.29, 0.717) is 36.1 Å². The van der Waals surface area contributed by atoms with Crippen molar-refractivity contribution in [3.05, 3.63) is 40.6 Å². The Morgan fingerprint density at radius 3 is 2.72 bits per heavy atom. The fourth-order valence-electron chi connectivity index (χ4n) is 3.05. The van der Waals surface area contributed by atoms with Gasteiger partial charge in [0.2, 0.25) is 0 Å². The molecule has 0 aliphatic carbocycles. The van der Waals surface area contributed by atoms with Crippen molar-refractivity contribution in [1.29, 1.82) is 0 Å². The number of halogens is 1. The molecular formula is C20H32IN5O3. The largest absolute Gasteiger partial charge is 0.465 e. The number of furan rings is 1. The van der Waals surface area contributed by atoms with Gasteiger partial charge in [-0.2, -0.15) is 5.10 Å². The summed E-state index contributed by atoms with van der Waals surface area (Å²) in [7, 11) is 5.29. The molecule has 0 atom stereocenters. The number of esters is 1. The van der Waals surface area contributed by atoms with Crippen LogP contribution in [0.5, 0.6) is 0 Å². The average Bonchev–Trinajstić information content (AvgIpc) is 3.20. The molecule has 0 aromatic carbocycles. The molecule has 162 valence electrons. The quantitative estimate of drug-likeness (QED) is 0.262. The van der Waals surface area contributed by atoms with Crippen LogP contribution in [0.1, 0.15) is 59.8 Å². The molecule has 0 saturated heterocycles. The van der Waals surface area contributed by atoms with E-state index in [2.05, 4.69) is 34.2 Å². The van der Waals surface area contributed by atoms with Crippen molar-refractivity contribution in [2.75, 3.05) is 20.7 Å². The Bertz CT molecular complexity index is 841. The summed E-state index contributed by atoms with van der Waals surface area (Å²) in [5, 5.41) is 7.87. The third kappa shape index (κ3) is 6.48. The summed E-state index contributed by atoms with van der Waals surface area (Å²) in [5.74, 6) is 1.86. The van der Waals surface area contributed by atoms with E-state index < -0.39 is 5.97 Å². The van der Waals surface area contributed by atoms with Gasteiger partial charge in [-0.15, -0.1) is 24.0 Å². The van der Waals surface area contributed by atoms with Crippen molar-refractivity contribution in [3.63, 3.8) is 0 Å². The smallest absolute Gasteiger partial charge is 0.341 e. The fourth-order valence-corrected chi connectivity index (χ4v) is 3.05. The van der Waals surface area contributed by atoms with Crippen LogP contribution in [-0.4, -0.2) is 47.3 Å². The van der Waals surface area contributed by atoms with E-state index in [4.69, 9.17) is 9.15 Å². The average molecular weight is 517 g/mol. The number of guanidine groups is 1. The first-order valence-corrected chi connectivity index (χ1v) is 9.46. The zero-order valence-electron chi connectivity index (χ0n) is 18.3. The lowest BCUT2D eigenvalue weighted by molar-refractivity contribution is 0.0599. The second-order valence-electron chi connectivity index (χ2n) is 7.07. The van der Waals surface area contributed by atoms with E-state index in [-0.39, 0.29) is 24.0 Å². The van der Waals surface area contributed by atoms with Gasteiger partial charge in [0, 0.05) is 38.9 Å². The Morgan fingerprint density at radius 1 is 1.45 bits per heavy atom. The first kappa shape index (κ1) is 25.0. The molecular weight excluding hydrogens is 485 g/mol. The summed E-state index contributed by atoms with van der Waals surface area (Å²) in [6.45, 7) is 9.82. The summed E-state index contributed by atoms with van der Waals surface area (Å²) in [6.07, 6.45) is 2.05. The SMILES string of the molecule is CCNC(=NCc1cc(C(=O)OC)c(C)o1)N(C)Cc1cn(C)nc1C(C)C.I. The van der Waals surface area contributed by atoms with E-state index in [1.807, 2.05) is 31.9 Å². The topological polar surface area (TPSA) is 84.9 Å². The van der Waals surface area contributed by atoms with E-state index in [1.165, 1.54) is 12.7 Å². The van der Waals surface area contributed by atoms with E-state index in [9.17, 15) is 4.79 Å². The Morgan fingerprint density at radius 2 is 2.14 bits per heavy atom. The number of ether oxygens (including phenoxy) is 1. The van der Waals surface area contributed by atoms with Crippen LogP contribution in [0.3, 0.4) is 0 Å². The Kier molecular flexibility index (Phi) is 9.67. The first-order chi connectivity index (χ1) is 13.3. The molecule has 1 N–H and O–H groups in total. The standard InChI is InChI=1S/C20H31N5O3.HI/c1-8-21-20(22-10-16-9-17(14(4)28-16)19(26)27-7)24(5)11-15-12-25(6)23-18(15)13(2)3;/h9,12-13H,8,10-11H2,1-7H3,(H,21,22);1H. The lowest BCUT2D eigenvalue weighted by atomic mass is 10.1. The normalized spacial score (nSPS) is 11.4. The molecule has 2 rings (SSSR count). The highest BCUT2D eigenvalue weighted by molar-refractivity contribution is 14.0. The molecule has 0 bridgehead atoms. The van der Waals surface area contributed by atoms with Crippen molar-refractivity contribution in [3.8, 4) is 0 Å². The molecule has 0 aliphatic rings. The third-order valence-corrected chi connectivity index (χ3v) is 4.35. The number of carbonyl (C=O) groups is 1. The molecule has 0 spiro atoms. The van der Waals surface area contributed by atoms with Crippen LogP contribution in [-0.2, 0) is 24.9 Å². The Hall–Kier alpha value is -2.04. The zero-order chi connectivity index (χ0) is 20.8. The number of methoxy groups -OCH3 is 1. The maximum absolute atomic E-state index is 11.7. The third-order valence-electron chi connectivity index (χ3n) is 4.35.